The first-order chi connectivity index (χ1) is 6.77. The Bertz CT molecular complexity index is 486. The molecule has 0 radical (unpaired) electrons. The predicted octanol–water partition coefficient (Wildman–Crippen LogP) is 2.93. The van der Waals surface area contributed by atoms with Gasteiger partial charge in [-0.3, -0.25) is 0 Å². The molecule has 0 heterocycles. The third-order valence-corrected chi connectivity index (χ3v) is 3.13. The van der Waals surface area contributed by atoms with Crippen molar-refractivity contribution in [1.29, 1.82) is 0 Å². The summed E-state index contributed by atoms with van der Waals surface area (Å²) in [6.07, 6.45) is 8.29. The lowest BCUT2D eigenvalue weighted by Gasteiger charge is -2.00. The highest BCUT2D eigenvalue weighted by Gasteiger charge is 1.97. The molecule has 14 heavy (non-hydrogen) atoms. The SMILES string of the molecule is Cl\C1=c2/ccc(Br)c/c2=C/C=C\CC1. The number of hydrogen-bond donors (Lipinski definition) is 0. The van der Waals surface area contributed by atoms with Gasteiger partial charge in [0.15, 0.2) is 0 Å². The van der Waals surface area contributed by atoms with Gasteiger partial charge in [-0.15, -0.1) is 0 Å². The van der Waals surface area contributed by atoms with E-state index in [9.17, 15) is 0 Å². The molecule has 0 saturated heterocycles. The molecule has 1 aliphatic rings. The van der Waals surface area contributed by atoms with E-state index in [2.05, 4.69) is 46.3 Å². The first-order valence-corrected chi connectivity index (χ1v) is 5.75. The van der Waals surface area contributed by atoms with Crippen LogP contribution in [0.5, 0.6) is 0 Å². The van der Waals surface area contributed by atoms with E-state index in [4.69, 9.17) is 11.6 Å². The zero-order valence-corrected chi connectivity index (χ0v) is 9.98. The van der Waals surface area contributed by atoms with E-state index in [1.165, 1.54) is 5.22 Å². The van der Waals surface area contributed by atoms with Crippen LogP contribution in [0.3, 0.4) is 0 Å². The van der Waals surface area contributed by atoms with Gasteiger partial charge in [0.2, 0.25) is 0 Å². The molecule has 1 aromatic rings. The van der Waals surface area contributed by atoms with Crippen LogP contribution in [0, 0.1) is 0 Å². The van der Waals surface area contributed by atoms with Crippen molar-refractivity contribution >= 4 is 38.6 Å². The first-order valence-electron chi connectivity index (χ1n) is 4.58. The van der Waals surface area contributed by atoms with Gasteiger partial charge in [0, 0.05) is 9.51 Å². The Hall–Kier alpha value is -0.530. The molecule has 0 amide bonds. The van der Waals surface area contributed by atoms with Crippen LogP contribution in [0.25, 0.3) is 11.1 Å². The van der Waals surface area contributed by atoms with Crippen molar-refractivity contribution in [2.75, 3.05) is 0 Å². The van der Waals surface area contributed by atoms with Gasteiger partial charge in [-0.1, -0.05) is 51.8 Å². The average molecular weight is 270 g/mol. The highest BCUT2D eigenvalue weighted by atomic mass is 79.9. The Kier molecular flexibility index (Phi) is 3.09. The van der Waals surface area contributed by atoms with Gasteiger partial charge in [0.05, 0.1) is 0 Å². The van der Waals surface area contributed by atoms with Crippen molar-refractivity contribution < 1.29 is 0 Å². The summed E-state index contributed by atoms with van der Waals surface area (Å²) in [6.45, 7) is 0. The molecule has 72 valence electrons. The fourth-order valence-corrected chi connectivity index (χ4v) is 2.19. The summed E-state index contributed by atoms with van der Waals surface area (Å²) in [5.41, 5.74) is 0. The topological polar surface area (TPSA) is 0 Å². The minimum Gasteiger partial charge on any atom is -0.0885 e. The van der Waals surface area contributed by atoms with Gasteiger partial charge < -0.3 is 0 Å². The van der Waals surface area contributed by atoms with Crippen molar-refractivity contribution in [3.05, 3.63) is 45.3 Å². The Morgan fingerprint density at radius 2 is 2.14 bits per heavy atom. The van der Waals surface area contributed by atoms with Crippen LogP contribution >= 0.6 is 27.5 Å². The van der Waals surface area contributed by atoms with Crippen molar-refractivity contribution in [3.8, 4) is 0 Å². The van der Waals surface area contributed by atoms with E-state index >= 15 is 0 Å². The van der Waals surface area contributed by atoms with E-state index in [0.717, 1.165) is 27.6 Å². The molecule has 0 N–H and O–H groups in total. The molecular weight excluding hydrogens is 259 g/mol. The first kappa shape index (κ1) is 10.0. The van der Waals surface area contributed by atoms with Gasteiger partial charge in [-0.2, -0.15) is 0 Å². The lowest BCUT2D eigenvalue weighted by molar-refractivity contribution is 1.08. The summed E-state index contributed by atoms with van der Waals surface area (Å²) in [5, 5.41) is 3.28. The normalized spacial score (nSPS) is 24.0. The van der Waals surface area contributed by atoms with E-state index in [-0.39, 0.29) is 0 Å². The van der Waals surface area contributed by atoms with E-state index < -0.39 is 0 Å². The lowest BCUT2D eigenvalue weighted by Crippen LogP contribution is -2.25. The largest absolute Gasteiger partial charge is 0.0885 e. The molecule has 0 atom stereocenters. The zero-order valence-electron chi connectivity index (χ0n) is 7.63. The maximum absolute atomic E-state index is 6.22. The molecule has 0 aromatic heterocycles. The van der Waals surface area contributed by atoms with Crippen LogP contribution in [-0.2, 0) is 0 Å². The summed E-state index contributed by atoms with van der Waals surface area (Å²) in [6, 6.07) is 6.19. The third-order valence-electron chi connectivity index (χ3n) is 2.25. The number of hydrogen-bond acceptors (Lipinski definition) is 0. The second-order valence-electron chi connectivity index (χ2n) is 3.27. The van der Waals surface area contributed by atoms with Crippen LogP contribution < -0.4 is 10.4 Å². The quantitative estimate of drug-likeness (QED) is 0.679. The standard InChI is InChI=1S/C12H10BrCl/c13-10-6-7-11-9(8-10)4-2-1-3-5-12(11)14/h1-2,4,6-8H,3,5H2/b2-1-,9-4-,12-11+. The van der Waals surface area contributed by atoms with Crippen LogP contribution in [-0.4, -0.2) is 0 Å². The van der Waals surface area contributed by atoms with Gasteiger partial charge >= 0.3 is 0 Å². The Labute approximate surface area is 96.7 Å². The highest BCUT2D eigenvalue weighted by molar-refractivity contribution is 9.10. The molecule has 0 nitrogen and oxygen atoms in total. The minimum atomic E-state index is 0.931. The molecular formula is C12H10BrCl. The van der Waals surface area contributed by atoms with E-state index in [1.807, 2.05) is 6.07 Å². The van der Waals surface area contributed by atoms with Crippen molar-refractivity contribution in [2.24, 2.45) is 0 Å². The molecule has 1 aliphatic carbocycles. The van der Waals surface area contributed by atoms with Gasteiger partial charge in [-0.05, 0) is 35.4 Å². The fraction of sp³-hybridized carbons (Fsp3) is 0.167. The van der Waals surface area contributed by atoms with E-state index in [0.29, 0.717) is 0 Å². The Balaban J connectivity index is 2.80. The van der Waals surface area contributed by atoms with Crippen molar-refractivity contribution in [2.45, 2.75) is 12.8 Å². The Morgan fingerprint density at radius 3 is 3.00 bits per heavy atom. The number of benzene rings is 1. The number of rotatable bonds is 0. The molecule has 0 fully saturated rings. The highest BCUT2D eigenvalue weighted by Crippen LogP contribution is 2.11. The second kappa shape index (κ2) is 4.33. The van der Waals surface area contributed by atoms with Crippen LogP contribution in [0.1, 0.15) is 12.8 Å². The maximum Gasteiger partial charge on any atom is 0.0262 e. The summed E-state index contributed by atoms with van der Waals surface area (Å²) >= 11 is 9.68. The maximum atomic E-state index is 6.22. The monoisotopic (exact) mass is 268 g/mol. The van der Waals surface area contributed by atoms with Crippen molar-refractivity contribution in [3.63, 3.8) is 0 Å². The second-order valence-corrected chi connectivity index (χ2v) is 4.64. The van der Waals surface area contributed by atoms with Crippen molar-refractivity contribution in [1.82, 2.24) is 0 Å². The fourth-order valence-electron chi connectivity index (χ4n) is 1.53. The number of fused-ring (bicyclic) bond motifs is 1. The lowest BCUT2D eigenvalue weighted by atomic mass is 10.1. The average Bonchev–Trinajstić information content (AvgIpc) is 2.14. The zero-order chi connectivity index (χ0) is 9.97. The smallest absolute Gasteiger partial charge is 0.0262 e. The number of halogens is 2. The minimum absolute atomic E-state index is 0.931. The summed E-state index contributed by atoms with van der Waals surface area (Å²) < 4.78 is 1.09. The number of allylic oxidation sites excluding steroid dienone is 2. The molecule has 0 spiro atoms. The van der Waals surface area contributed by atoms with E-state index in [1.54, 1.807) is 0 Å². The van der Waals surface area contributed by atoms with Gasteiger partial charge in [-0.25, -0.2) is 0 Å². The molecule has 0 aliphatic heterocycles. The molecule has 0 unspecified atom stereocenters. The Morgan fingerprint density at radius 1 is 1.29 bits per heavy atom. The third kappa shape index (κ3) is 2.10. The molecule has 1 aromatic carbocycles. The van der Waals surface area contributed by atoms with Crippen LogP contribution in [0.4, 0.5) is 0 Å². The molecule has 2 heteroatoms. The predicted molar refractivity (Wildman–Crippen MR) is 65.5 cm³/mol. The molecule has 2 rings (SSSR count). The summed E-state index contributed by atoms with van der Waals surface area (Å²) in [5.74, 6) is 0. The molecule has 0 saturated carbocycles. The summed E-state index contributed by atoms with van der Waals surface area (Å²) in [4.78, 5) is 0. The van der Waals surface area contributed by atoms with Gasteiger partial charge in [0.1, 0.15) is 0 Å². The molecule has 0 bridgehead atoms. The van der Waals surface area contributed by atoms with Crippen LogP contribution in [0.2, 0.25) is 0 Å². The van der Waals surface area contributed by atoms with Crippen LogP contribution in [0.15, 0.2) is 34.8 Å². The summed E-state index contributed by atoms with van der Waals surface area (Å²) in [7, 11) is 0. The van der Waals surface area contributed by atoms with Gasteiger partial charge in [0.25, 0.3) is 0 Å².